The molecule has 1 fully saturated rings. The Morgan fingerprint density at radius 2 is 2.09 bits per heavy atom. The number of halogens is 1. The summed E-state index contributed by atoms with van der Waals surface area (Å²) in [7, 11) is 0. The standard InChI is InChI=1S/C18H16FN3O/c19-13-3-1-2-12(8-13)18-9-14(23)11-22(18)17-5-7-21-16-4-6-20-10-15(16)17/h1-8,10,14,18,23H,9,11H2/t14-,18-/m0/s1. The zero-order valence-corrected chi connectivity index (χ0v) is 12.4. The van der Waals surface area contributed by atoms with Gasteiger partial charge >= 0.3 is 0 Å². The number of anilines is 1. The average Bonchev–Trinajstić information content (AvgIpc) is 2.96. The van der Waals surface area contributed by atoms with Crippen LogP contribution in [0.2, 0.25) is 0 Å². The van der Waals surface area contributed by atoms with E-state index in [1.807, 2.05) is 18.2 Å². The highest BCUT2D eigenvalue weighted by molar-refractivity contribution is 5.91. The van der Waals surface area contributed by atoms with Crippen LogP contribution < -0.4 is 4.90 Å². The van der Waals surface area contributed by atoms with Gasteiger partial charge in [-0.2, -0.15) is 0 Å². The van der Waals surface area contributed by atoms with E-state index in [0.29, 0.717) is 13.0 Å². The fraction of sp³-hybridized carbons (Fsp3) is 0.222. The Morgan fingerprint density at radius 3 is 2.96 bits per heavy atom. The van der Waals surface area contributed by atoms with E-state index in [-0.39, 0.29) is 11.9 Å². The average molecular weight is 309 g/mol. The van der Waals surface area contributed by atoms with Crippen molar-refractivity contribution < 1.29 is 9.50 Å². The summed E-state index contributed by atoms with van der Waals surface area (Å²) in [5.74, 6) is -0.259. The molecule has 2 aromatic heterocycles. The van der Waals surface area contributed by atoms with Gasteiger partial charge in [0.15, 0.2) is 0 Å². The highest BCUT2D eigenvalue weighted by atomic mass is 19.1. The minimum atomic E-state index is -0.442. The predicted molar refractivity (Wildman–Crippen MR) is 86.6 cm³/mol. The van der Waals surface area contributed by atoms with Crippen LogP contribution in [0.3, 0.4) is 0 Å². The lowest BCUT2D eigenvalue weighted by atomic mass is 10.0. The van der Waals surface area contributed by atoms with Crippen LogP contribution in [-0.2, 0) is 0 Å². The molecule has 5 heteroatoms. The van der Waals surface area contributed by atoms with Crippen molar-refractivity contribution in [2.75, 3.05) is 11.4 Å². The van der Waals surface area contributed by atoms with Crippen LogP contribution in [0, 0.1) is 5.82 Å². The topological polar surface area (TPSA) is 49.2 Å². The summed E-state index contributed by atoms with van der Waals surface area (Å²) in [6.07, 6.45) is 5.38. The summed E-state index contributed by atoms with van der Waals surface area (Å²) in [4.78, 5) is 10.7. The smallest absolute Gasteiger partial charge is 0.123 e. The molecule has 1 saturated heterocycles. The number of benzene rings is 1. The van der Waals surface area contributed by atoms with Crippen LogP contribution in [-0.4, -0.2) is 27.7 Å². The van der Waals surface area contributed by atoms with Gasteiger partial charge in [-0.05, 0) is 36.2 Å². The molecule has 0 unspecified atom stereocenters. The minimum absolute atomic E-state index is 0.0634. The highest BCUT2D eigenvalue weighted by Gasteiger charge is 2.33. The second kappa shape index (κ2) is 5.59. The zero-order valence-electron chi connectivity index (χ0n) is 12.4. The molecule has 0 bridgehead atoms. The molecule has 1 aromatic carbocycles. The number of aliphatic hydroxyl groups excluding tert-OH is 1. The molecule has 3 aromatic rings. The Bertz CT molecular complexity index is 849. The van der Waals surface area contributed by atoms with E-state index < -0.39 is 6.10 Å². The number of hydrogen-bond acceptors (Lipinski definition) is 4. The predicted octanol–water partition coefficient (Wildman–Crippen LogP) is 3.08. The monoisotopic (exact) mass is 309 g/mol. The largest absolute Gasteiger partial charge is 0.391 e. The zero-order chi connectivity index (χ0) is 15.8. The molecule has 1 N–H and O–H groups in total. The summed E-state index contributed by atoms with van der Waals surface area (Å²) in [6, 6.07) is 10.3. The van der Waals surface area contributed by atoms with Crippen LogP contribution in [0.1, 0.15) is 18.0 Å². The Balaban J connectivity index is 1.82. The first-order chi connectivity index (χ1) is 11.2. The van der Waals surface area contributed by atoms with Gasteiger partial charge in [-0.25, -0.2) is 4.39 Å². The Morgan fingerprint density at radius 1 is 1.17 bits per heavy atom. The molecule has 2 atom stereocenters. The van der Waals surface area contributed by atoms with Crippen LogP contribution in [0.4, 0.5) is 10.1 Å². The van der Waals surface area contributed by atoms with Crippen molar-refractivity contribution in [2.24, 2.45) is 0 Å². The van der Waals surface area contributed by atoms with Gasteiger partial charge in [-0.3, -0.25) is 9.97 Å². The van der Waals surface area contributed by atoms with Crippen molar-refractivity contribution in [3.8, 4) is 0 Å². The third-order valence-electron chi connectivity index (χ3n) is 4.34. The third-order valence-corrected chi connectivity index (χ3v) is 4.34. The maximum absolute atomic E-state index is 13.6. The van der Waals surface area contributed by atoms with Gasteiger partial charge < -0.3 is 10.0 Å². The molecule has 0 radical (unpaired) electrons. The SMILES string of the molecule is O[C@H]1C[C@@H](c2cccc(F)c2)N(c2ccnc3ccncc23)C1. The van der Waals surface area contributed by atoms with E-state index in [4.69, 9.17) is 0 Å². The second-order valence-corrected chi connectivity index (χ2v) is 5.84. The minimum Gasteiger partial charge on any atom is -0.391 e. The van der Waals surface area contributed by atoms with Gasteiger partial charge in [0, 0.05) is 36.2 Å². The Labute approximate surface area is 133 Å². The Hall–Kier alpha value is -2.53. The molecule has 0 spiro atoms. The Kier molecular flexibility index (Phi) is 3.42. The van der Waals surface area contributed by atoms with E-state index in [1.54, 1.807) is 24.7 Å². The summed E-state index contributed by atoms with van der Waals surface area (Å²) < 4.78 is 13.6. The molecule has 4 nitrogen and oxygen atoms in total. The molecule has 23 heavy (non-hydrogen) atoms. The highest BCUT2D eigenvalue weighted by Crippen LogP contribution is 2.38. The molecule has 0 saturated carbocycles. The van der Waals surface area contributed by atoms with Gasteiger partial charge in [0.1, 0.15) is 5.82 Å². The van der Waals surface area contributed by atoms with E-state index in [2.05, 4.69) is 14.9 Å². The molecule has 4 rings (SSSR count). The number of β-amino-alcohol motifs (C(OH)–C–C–N with tert-alkyl or cyclic N) is 1. The number of aromatic nitrogens is 2. The van der Waals surface area contributed by atoms with E-state index in [1.165, 1.54) is 12.1 Å². The second-order valence-electron chi connectivity index (χ2n) is 5.84. The lowest BCUT2D eigenvalue weighted by molar-refractivity contribution is 0.194. The molecular formula is C18H16FN3O. The number of pyridine rings is 2. The summed E-state index contributed by atoms with van der Waals surface area (Å²) >= 11 is 0. The molecular weight excluding hydrogens is 293 g/mol. The molecule has 1 aliphatic heterocycles. The number of rotatable bonds is 2. The van der Waals surface area contributed by atoms with Crippen LogP contribution in [0.15, 0.2) is 55.0 Å². The molecule has 3 heterocycles. The molecule has 0 amide bonds. The van der Waals surface area contributed by atoms with Crippen LogP contribution in [0.5, 0.6) is 0 Å². The van der Waals surface area contributed by atoms with Crippen LogP contribution >= 0.6 is 0 Å². The van der Waals surface area contributed by atoms with Crippen molar-refractivity contribution in [1.82, 2.24) is 9.97 Å². The van der Waals surface area contributed by atoms with E-state index in [0.717, 1.165) is 22.2 Å². The molecule has 1 aliphatic rings. The lowest BCUT2D eigenvalue weighted by Gasteiger charge is -2.27. The van der Waals surface area contributed by atoms with E-state index >= 15 is 0 Å². The van der Waals surface area contributed by atoms with E-state index in [9.17, 15) is 9.50 Å². The number of aliphatic hydroxyl groups is 1. The van der Waals surface area contributed by atoms with Crippen molar-refractivity contribution in [3.63, 3.8) is 0 Å². The normalized spacial score (nSPS) is 21.0. The van der Waals surface area contributed by atoms with Gasteiger partial charge in [0.25, 0.3) is 0 Å². The van der Waals surface area contributed by atoms with Gasteiger partial charge in [0.05, 0.1) is 17.7 Å². The maximum Gasteiger partial charge on any atom is 0.123 e. The first kappa shape index (κ1) is 14.1. The maximum atomic E-state index is 13.6. The fourth-order valence-corrected chi connectivity index (χ4v) is 3.34. The summed E-state index contributed by atoms with van der Waals surface area (Å²) in [5.41, 5.74) is 2.70. The quantitative estimate of drug-likeness (QED) is 0.790. The fourth-order valence-electron chi connectivity index (χ4n) is 3.34. The van der Waals surface area contributed by atoms with Gasteiger partial charge in [-0.15, -0.1) is 0 Å². The lowest BCUT2D eigenvalue weighted by Crippen LogP contribution is -2.24. The molecule has 116 valence electrons. The van der Waals surface area contributed by atoms with Gasteiger partial charge in [0.2, 0.25) is 0 Å². The number of nitrogens with zero attached hydrogens (tertiary/aromatic N) is 3. The van der Waals surface area contributed by atoms with Crippen LogP contribution in [0.25, 0.3) is 10.9 Å². The first-order valence-corrected chi connectivity index (χ1v) is 7.61. The van der Waals surface area contributed by atoms with Crippen molar-refractivity contribution in [1.29, 1.82) is 0 Å². The van der Waals surface area contributed by atoms with Crippen molar-refractivity contribution >= 4 is 16.6 Å². The third kappa shape index (κ3) is 2.53. The van der Waals surface area contributed by atoms with Gasteiger partial charge in [-0.1, -0.05) is 12.1 Å². The first-order valence-electron chi connectivity index (χ1n) is 7.61. The number of hydrogen-bond donors (Lipinski definition) is 1. The van der Waals surface area contributed by atoms with Crippen molar-refractivity contribution in [3.05, 3.63) is 66.4 Å². The summed E-state index contributed by atoms with van der Waals surface area (Å²) in [5, 5.41) is 11.1. The number of fused-ring (bicyclic) bond motifs is 1. The van der Waals surface area contributed by atoms with Crippen molar-refractivity contribution in [2.45, 2.75) is 18.6 Å². The molecule has 0 aliphatic carbocycles. The summed E-state index contributed by atoms with van der Waals surface area (Å²) in [6.45, 7) is 0.509.